The SMILES string of the molecule is O=C(OCCOCCO)c1ccccc1Nc1ccc(C(F)(F)F)cc1. The van der Waals surface area contributed by atoms with Crippen LogP contribution in [0.2, 0.25) is 0 Å². The maximum atomic E-state index is 12.6. The van der Waals surface area contributed by atoms with E-state index in [-0.39, 0.29) is 32.0 Å². The number of esters is 1. The highest BCUT2D eigenvalue weighted by molar-refractivity contribution is 5.96. The summed E-state index contributed by atoms with van der Waals surface area (Å²) in [6.45, 7) is 0.214. The van der Waals surface area contributed by atoms with Crippen LogP contribution >= 0.6 is 0 Å². The van der Waals surface area contributed by atoms with E-state index in [1.807, 2.05) is 0 Å². The number of hydrogen-bond acceptors (Lipinski definition) is 5. The van der Waals surface area contributed by atoms with Gasteiger partial charge in [-0.15, -0.1) is 0 Å². The standard InChI is InChI=1S/C18H18F3NO4/c19-18(20,21)13-5-7-14(8-6-13)22-16-4-2-1-3-15(16)17(24)26-12-11-25-10-9-23/h1-8,22-23H,9-12H2. The number of carbonyl (C=O) groups excluding carboxylic acids is 1. The van der Waals surface area contributed by atoms with Gasteiger partial charge in [0.25, 0.3) is 0 Å². The second-order valence-electron chi connectivity index (χ2n) is 5.22. The Morgan fingerprint density at radius 3 is 2.35 bits per heavy atom. The Hall–Kier alpha value is -2.58. The van der Waals surface area contributed by atoms with Crippen molar-refractivity contribution in [3.05, 3.63) is 59.7 Å². The zero-order valence-corrected chi connectivity index (χ0v) is 13.8. The molecule has 2 aromatic carbocycles. The maximum Gasteiger partial charge on any atom is 0.416 e. The zero-order chi connectivity index (χ0) is 19.0. The van der Waals surface area contributed by atoms with Gasteiger partial charge in [0.1, 0.15) is 6.61 Å². The first-order valence-electron chi connectivity index (χ1n) is 7.81. The molecule has 0 atom stereocenters. The fourth-order valence-corrected chi connectivity index (χ4v) is 2.11. The first-order valence-corrected chi connectivity index (χ1v) is 7.81. The van der Waals surface area contributed by atoms with Gasteiger partial charge in [0.15, 0.2) is 0 Å². The highest BCUT2D eigenvalue weighted by atomic mass is 19.4. The smallest absolute Gasteiger partial charge is 0.416 e. The van der Waals surface area contributed by atoms with Crippen molar-refractivity contribution >= 4 is 17.3 Å². The summed E-state index contributed by atoms with van der Waals surface area (Å²) in [5.74, 6) is -0.590. The summed E-state index contributed by atoms with van der Waals surface area (Å²) in [4.78, 5) is 12.2. The third kappa shape index (κ3) is 5.75. The summed E-state index contributed by atoms with van der Waals surface area (Å²) >= 11 is 0. The van der Waals surface area contributed by atoms with E-state index in [4.69, 9.17) is 14.6 Å². The second kappa shape index (κ2) is 9.21. The first-order chi connectivity index (χ1) is 12.4. The van der Waals surface area contributed by atoms with Crippen LogP contribution in [0.1, 0.15) is 15.9 Å². The first kappa shape index (κ1) is 19.7. The molecule has 0 amide bonds. The van der Waals surface area contributed by atoms with Crippen LogP contribution in [-0.2, 0) is 15.7 Å². The minimum Gasteiger partial charge on any atom is -0.460 e. The molecule has 2 N–H and O–H groups in total. The topological polar surface area (TPSA) is 67.8 Å². The summed E-state index contributed by atoms with van der Waals surface area (Å²) in [6.07, 6.45) is -4.40. The predicted octanol–water partition coefficient (Wildman–Crippen LogP) is 3.61. The van der Waals surface area contributed by atoms with Crippen molar-refractivity contribution in [3.8, 4) is 0 Å². The van der Waals surface area contributed by atoms with Gasteiger partial charge in [0.05, 0.1) is 36.6 Å². The minimum atomic E-state index is -4.40. The van der Waals surface area contributed by atoms with Crippen LogP contribution < -0.4 is 5.32 Å². The molecule has 0 bridgehead atoms. The van der Waals surface area contributed by atoms with Crippen LogP contribution in [0.15, 0.2) is 48.5 Å². The third-order valence-electron chi connectivity index (χ3n) is 3.33. The van der Waals surface area contributed by atoms with Crippen LogP contribution in [0, 0.1) is 0 Å². The molecule has 0 aromatic heterocycles. The monoisotopic (exact) mass is 369 g/mol. The molecule has 0 saturated heterocycles. The van der Waals surface area contributed by atoms with E-state index in [0.29, 0.717) is 11.4 Å². The zero-order valence-electron chi connectivity index (χ0n) is 13.8. The number of anilines is 2. The molecule has 0 radical (unpaired) electrons. The number of aliphatic hydroxyl groups excluding tert-OH is 1. The largest absolute Gasteiger partial charge is 0.460 e. The lowest BCUT2D eigenvalue weighted by molar-refractivity contribution is -0.137. The molecule has 0 unspecified atom stereocenters. The summed E-state index contributed by atoms with van der Waals surface area (Å²) in [7, 11) is 0. The molecule has 2 aromatic rings. The normalized spacial score (nSPS) is 11.2. The van der Waals surface area contributed by atoms with E-state index in [2.05, 4.69) is 5.32 Å². The molecule has 0 fully saturated rings. The van der Waals surface area contributed by atoms with Gasteiger partial charge >= 0.3 is 12.1 Å². The van der Waals surface area contributed by atoms with E-state index in [1.54, 1.807) is 24.3 Å². The van der Waals surface area contributed by atoms with Gasteiger partial charge in [-0.25, -0.2) is 4.79 Å². The van der Waals surface area contributed by atoms with Gasteiger partial charge in [0, 0.05) is 5.69 Å². The number of carbonyl (C=O) groups is 1. The van der Waals surface area contributed by atoms with Gasteiger partial charge in [-0.3, -0.25) is 0 Å². The van der Waals surface area contributed by atoms with Gasteiger partial charge < -0.3 is 19.9 Å². The van der Waals surface area contributed by atoms with Crippen molar-refractivity contribution in [3.63, 3.8) is 0 Å². The second-order valence-corrected chi connectivity index (χ2v) is 5.22. The molecule has 0 aliphatic carbocycles. The molecular weight excluding hydrogens is 351 g/mol. The number of nitrogens with one attached hydrogen (secondary N) is 1. The Labute approximate surface area is 148 Å². The summed E-state index contributed by atoms with van der Waals surface area (Å²) < 4.78 is 47.9. The van der Waals surface area contributed by atoms with E-state index in [1.165, 1.54) is 12.1 Å². The molecule has 2 rings (SSSR count). The molecule has 0 aliphatic rings. The van der Waals surface area contributed by atoms with Gasteiger partial charge in [-0.2, -0.15) is 13.2 Å². The maximum absolute atomic E-state index is 12.6. The van der Waals surface area contributed by atoms with Crippen molar-refractivity contribution in [2.45, 2.75) is 6.18 Å². The molecular formula is C18H18F3NO4. The average molecular weight is 369 g/mol. The van der Waals surface area contributed by atoms with Crippen molar-refractivity contribution < 1.29 is 32.5 Å². The van der Waals surface area contributed by atoms with Crippen LogP contribution in [0.25, 0.3) is 0 Å². The molecule has 140 valence electrons. The van der Waals surface area contributed by atoms with Crippen molar-refractivity contribution in [1.29, 1.82) is 0 Å². The molecule has 5 nitrogen and oxygen atoms in total. The van der Waals surface area contributed by atoms with Gasteiger partial charge in [-0.1, -0.05) is 12.1 Å². The van der Waals surface area contributed by atoms with Crippen LogP contribution in [-0.4, -0.2) is 37.5 Å². The van der Waals surface area contributed by atoms with Crippen molar-refractivity contribution in [1.82, 2.24) is 0 Å². The fourth-order valence-electron chi connectivity index (χ4n) is 2.11. The minimum absolute atomic E-state index is 0.0213. The molecule has 0 heterocycles. The number of aliphatic hydroxyl groups is 1. The molecule has 8 heteroatoms. The lowest BCUT2D eigenvalue weighted by atomic mass is 10.1. The van der Waals surface area contributed by atoms with E-state index in [9.17, 15) is 18.0 Å². The van der Waals surface area contributed by atoms with Crippen molar-refractivity contribution in [2.24, 2.45) is 0 Å². The highest BCUT2D eigenvalue weighted by Gasteiger charge is 2.29. The number of hydrogen-bond donors (Lipinski definition) is 2. The van der Waals surface area contributed by atoms with E-state index >= 15 is 0 Å². The molecule has 26 heavy (non-hydrogen) atoms. The molecule has 0 aliphatic heterocycles. The van der Waals surface area contributed by atoms with Crippen LogP contribution in [0.4, 0.5) is 24.5 Å². The van der Waals surface area contributed by atoms with Gasteiger partial charge in [-0.05, 0) is 36.4 Å². The number of ether oxygens (including phenoxy) is 2. The van der Waals surface area contributed by atoms with E-state index < -0.39 is 17.7 Å². The Kier molecular flexibility index (Phi) is 6.99. The number of halogens is 3. The number of benzene rings is 2. The number of rotatable bonds is 8. The Morgan fingerprint density at radius 2 is 1.69 bits per heavy atom. The average Bonchev–Trinajstić information content (AvgIpc) is 2.61. The summed E-state index contributed by atoms with van der Waals surface area (Å²) in [5.41, 5.74) is 0.311. The fraction of sp³-hybridized carbons (Fsp3) is 0.278. The molecule has 0 saturated carbocycles. The van der Waals surface area contributed by atoms with Gasteiger partial charge in [0.2, 0.25) is 0 Å². The number of para-hydroxylation sites is 1. The van der Waals surface area contributed by atoms with Crippen LogP contribution in [0.3, 0.4) is 0 Å². The highest BCUT2D eigenvalue weighted by Crippen LogP contribution is 2.30. The lowest BCUT2D eigenvalue weighted by Gasteiger charge is -2.13. The lowest BCUT2D eigenvalue weighted by Crippen LogP contribution is -2.13. The predicted molar refractivity (Wildman–Crippen MR) is 89.4 cm³/mol. The van der Waals surface area contributed by atoms with E-state index in [0.717, 1.165) is 12.1 Å². The third-order valence-corrected chi connectivity index (χ3v) is 3.33. The summed E-state index contributed by atoms with van der Waals surface area (Å²) in [5, 5.41) is 11.5. The Morgan fingerprint density at radius 1 is 1.00 bits per heavy atom. The van der Waals surface area contributed by atoms with Crippen molar-refractivity contribution in [2.75, 3.05) is 31.7 Å². The Balaban J connectivity index is 2.03. The molecule has 0 spiro atoms. The quantitative estimate of drug-likeness (QED) is 0.550. The summed E-state index contributed by atoms with van der Waals surface area (Å²) in [6, 6.07) is 11.0. The number of alkyl halides is 3. The Bertz CT molecular complexity index is 717. The van der Waals surface area contributed by atoms with Crippen LogP contribution in [0.5, 0.6) is 0 Å².